The minimum atomic E-state index is 0.446. The molecule has 0 spiro atoms. The Morgan fingerprint density at radius 3 is 2.93 bits per heavy atom. The SMILES string of the molecule is Brc1cnc(OC[C@@H]2CCCN2)nc1. The number of rotatable bonds is 3. The Hall–Kier alpha value is -0.680. The van der Waals surface area contributed by atoms with Crippen molar-refractivity contribution in [3.63, 3.8) is 0 Å². The van der Waals surface area contributed by atoms with Gasteiger partial charge in [-0.1, -0.05) is 0 Å². The van der Waals surface area contributed by atoms with Gasteiger partial charge in [0.25, 0.3) is 0 Å². The molecule has 2 rings (SSSR count). The molecule has 0 bridgehead atoms. The number of aromatic nitrogens is 2. The molecule has 0 unspecified atom stereocenters. The number of ether oxygens (including phenoxy) is 1. The maximum absolute atomic E-state index is 5.44. The Balaban J connectivity index is 1.82. The fraction of sp³-hybridized carbons (Fsp3) is 0.556. The van der Waals surface area contributed by atoms with Crippen molar-refractivity contribution in [3.8, 4) is 6.01 Å². The Kier molecular flexibility index (Phi) is 3.31. The molecule has 76 valence electrons. The molecular formula is C9H12BrN3O. The van der Waals surface area contributed by atoms with Gasteiger partial charge in [-0.3, -0.25) is 0 Å². The lowest BCUT2D eigenvalue weighted by atomic mass is 10.2. The first-order valence-corrected chi connectivity index (χ1v) is 5.47. The number of nitrogens with one attached hydrogen (secondary N) is 1. The molecule has 5 heteroatoms. The first-order chi connectivity index (χ1) is 6.84. The maximum Gasteiger partial charge on any atom is 0.316 e. The highest BCUT2D eigenvalue weighted by atomic mass is 79.9. The van der Waals surface area contributed by atoms with Crippen LogP contribution in [0.3, 0.4) is 0 Å². The van der Waals surface area contributed by atoms with E-state index in [9.17, 15) is 0 Å². The lowest BCUT2D eigenvalue weighted by molar-refractivity contribution is 0.257. The predicted octanol–water partition coefficient (Wildman–Crippen LogP) is 1.37. The minimum absolute atomic E-state index is 0.446. The van der Waals surface area contributed by atoms with Gasteiger partial charge in [-0.15, -0.1) is 0 Å². The third-order valence-electron chi connectivity index (χ3n) is 2.17. The summed E-state index contributed by atoms with van der Waals surface area (Å²) in [7, 11) is 0. The smallest absolute Gasteiger partial charge is 0.316 e. The summed E-state index contributed by atoms with van der Waals surface area (Å²) in [6.07, 6.45) is 5.78. The van der Waals surface area contributed by atoms with Gasteiger partial charge in [-0.05, 0) is 35.3 Å². The van der Waals surface area contributed by atoms with Crippen LogP contribution < -0.4 is 10.1 Å². The van der Waals surface area contributed by atoms with Crippen molar-refractivity contribution in [1.82, 2.24) is 15.3 Å². The second-order valence-electron chi connectivity index (χ2n) is 3.29. The highest BCUT2D eigenvalue weighted by Gasteiger charge is 2.14. The van der Waals surface area contributed by atoms with E-state index in [4.69, 9.17) is 4.74 Å². The summed E-state index contributed by atoms with van der Waals surface area (Å²) in [4.78, 5) is 8.06. The van der Waals surface area contributed by atoms with Crippen LogP contribution in [0.15, 0.2) is 16.9 Å². The van der Waals surface area contributed by atoms with E-state index < -0.39 is 0 Å². The van der Waals surface area contributed by atoms with Crippen LogP contribution in [-0.4, -0.2) is 29.2 Å². The van der Waals surface area contributed by atoms with Crippen molar-refractivity contribution in [2.45, 2.75) is 18.9 Å². The Morgan fingerprint density at radius 1 is 1.50 bits per heavy atom. The van der Waals surface area contributed by atoms with E-state index in [0.717, 1.165) is 11.0 Å². The fourth-order valence-electron chi connectivity index (χ4n) is 1.45. The summed E-state index contributed by atoms with van der Waals surface area (Å²) in [5.74, 6) is 0. The zero-order valence-electron chi connectivity index (χ0n) is 7.74. The molecule has 0 radical (unpaired) electrons. The van der Waals surface area contributed by atoms with Crippen LogP contribution in [0, 0.1) is 0 Å². The van der Waals surface area contributed by atoms with Gasteiger partial charge in [0, 0.05) is 18.4 Å². The van der Waals surface area contributed by atoms with Gasteiger partial charge < -0.3 is 10.1 Å². The lowest BCUT2D eigenvalue weighted by Gasteiger charge is -2.09. The zero-order valence-corrected chi connectivity index (χ0v) is 9.33. The first kappa shape index (κ1) is 9.86. The Labute approximate surface area is 91.2 Å². The molecule has 1 aliphatic rings. The van der Waals surface area contributed by atoms with Gasteiger partial charge in [-0.2, -0.15) is 0 Å². The van der Waals surface area contributed by atoms with E-state index >= 15 is 0 Å². The predicted molar refractivity (Wildman–Crippen MR) is 56.3 cm³/mol. The third-order valence-corrected chi connectivity index (χ3v) is 2.58. The Morgan fingerprint density at radius 2 is 2.29 bits per heavy atom. The molecule has 1 fully saturated rings. The summed E-state index contributed by atoms with van der Waals surface area (Å²) >= 11 is 3.27. The normalized spacial score (nSPS) is 21.1. The quantitative estimate of drug-likeness (QED) is 0.889. The van der Waals surface area contributed by atoms with Crippen LogP contribution >= 0.6 is 15.9 Å². The Bertz CT molecular complexity index is 285. The van der Waals surface area contributed by atoms with Crippen molar-refractivity contribution in [2.24, 2.45) is 0 Å². The molecule has 0 amide bonds. The van der Waals surface area contributed by atoms with Gasteiger partial charge in [-0.25, -0.2) is 9.97 Å². The molecule has 0 aliphatic carbocycles. The maximum atomic E-state index is 5.44. The van der Waals surface area contributed by atoms with E-state index in [0.29, 0.717) is 18.7 Å². The molecule has 1 atom stereocenters. The standard InChI is InChI=1S/C9H12BrN3O/c10-7-4-12-9(13-5-7)14-6-8-2-1-3-11-8/h4-5,8,11H,1-3,6H2/t8-/m0/s1. The van der Waals surface area contributed by atoms with Crippen molar-refractivity contribution in [3.05, 3.63) is 16.9 Å². The molecule has 0 aromatic carbocycles. The van der Waals surface area contributed by atoms with Crippen molar-refractivity contribution < 1.29 is 4.74 Å². The average molecular weight is 258 g/mol. The average Bonchev–Trinajstić information content (AvgIpc) is 2.70. The van der Waals surface area contributed by atoms with Crippen LogP contribution in [0.4, 0.5) is 0 Å². The monoisotopic (exact) mass is 257 g/mol. The summed E-state index contributed by atoms with van der Waals surface area (Å²) in [6.45, 7) is 1.75. The molecule has 14 heavy (non-hydrogen) atoms. The van der Waals surface area contributed by atoms with Gasteiger partial charge >= 0.3 is 6.01 Å². The van der Waals surface area contributed by atoms with Crippen molar-refractivity contribution >= 4 is 15.9 Å². The highest BCUT2D eigenvalue weighted by Crippen LogP contribution is 2.10. The van der Waals surface area contributed by atoms with Gasteiger partial charge in [0.05, 0.1) is 4.47 Å². The first-order valence-electron chi connectivity index (χ1n) is 4.68. The summed E-state index contributed by atoms with van der Waals surface area (Å²) in [6, 6.07) is 0.907. The summed E-state index contributed by atoms with van der Waals surface area (Å²) in [5, 5.41) is 3.35. The van der Waals surface area contributed by atoms with E-state index in [-0.39, 0.29) is 0 Å². The van der Waals surface area contributed by atoms with Crippen LogP contribution in [-0.2, 0) is 0 Å². The van der Waals surface area contributed by atoms with E-state index in [1.165, 1.54) is 12.8 Å². The molecule has 1 aromatic rings. The largest absolute Gasteiger partial charge is 0.462 e. The van der Waals surface area contributed by atoms with Gasteiger partial charge in [0.15, 0.2) is 0 Å². The molecule has 1 N–H and O–H groups in total. The molecule has 0 saturated carbocycles. The fourth-order valence-corrected chi connectivity index (χ4v) is 1.65. The second-order valence-corrected chi connectivity index (χ2v) is 4.20. The number of nitrogens with zero attached hydrogens (tertiary/aromatic N) is 2. The van der Waals surface area contributed by atoms with Crippen LogP contribution in [0.1, 0.15) is 12.8 Å². The lowest BCUT2D eigenvalue weighted by Crippen LogP contribution is -2.28. The molecule has 4 nitrogen and oxygen atoms in total. The van der Waals surface area contributed by atoms with Crippen LogP contribution in [0.25, 0.3) is 0 Å². The van der Waals surface area contributed by atoms with Crippen molar-refractivity contribution in [1.29, 1.82) is 0 Å². The van der Waals surface area contributed by atoms with E-state index in [2.05, 4.69) is 31.2 Å². The van der Waals surface area contributed by atoms with E-state index in [1.807, 2.05) is 0 Å². The topological polar surface area (TPSA) is 47.0 Å². The van der Waals surface area contributed by atoms with E-state index in [1.54, 1.807) is 12.4 Å². The van der Waals surface area contributed by atoms with Gasteiger partial charge in [0.1, 0.15) is 6.61 Å². The minimum Gasteiger partial charge on any atom is -0.462 e. The molecule has 1 aliphatic heterocycles. The third kappa shape index (κ3) is 2.65. The van der Waals surface area contributed by atoms with Crippen LogP contribution in [0.5, 0.6) is 6.01 Å². The molecular weight excluding hydrogens is 246 g/mol. The number of halogens is 1. The van der Waals surface area contributed by atoms with Gasteiger partial charge in [0.2, 0.25) is 0 Å². The summed E-state index contributed by atoms with van der Waals surface area (Å²) in [5.41, 5.74) is 0. The molecule has 1 saturated heterocycles. The second kappa shape index (κ2) is 4.70. The number of hydrogen-bond acceptors (Lipinski definition) is 4. The van der Waals surface area contributed by atoms with Crippen molar-refractivity contribution in [2.75, 3.05) is 13.2 Å². The highest BCUT2D eigenvalue weighted by molar-refractivity contribution is 9.10. The molecule has 1 aromatic heterocycles. The summed E-state index contributed by atoms with van der Waals surface area (Å²) < 4.78 is 6.30. The molecule has 2 heterocycles. The van der Waals surface area contributed by atoms with Crippen LogP contribution in [0.2, 0.25) is 0 Å². The zero-order chi connectivity index (χ0) is 9.80. The number of hydrogen-bond donors (Lipinski definition) is 1.